The number of carbonyl (C=O) groups excluding carboxylic acids is 2. The van der Waals surface area contributed by atoms with Gasteiger partial charge in [0.15, 0.2) is 4.34 Å². The summed E-state index contributed by atoms with van der Waals surface area (Å²) >= 11 is 2.71. The zero-order chi connectivity index (χ0) is 16.7. The quantitative estimate of drug-likeness (QED) is 0.597. The molecular formula is C15H19N3O3S2. The van der Waals surface area contributed by atoms with E-state index in [0.717, 1.165) is 30.0 Å². The Hall–Kier alpha value is -1.59. The van der Waals surface area contributed by atoms with Crippen LogP contribution in [0.3, 0.4) is 0 Å². The fraction of sp³-hybridized carbons (Fsp3) is 0.600. The Bertz CT molecular complexity index is 603. The van der Waals surface area contributed by atoms with Crippen LogP contribution in [-0.4, -0.2) is 34.8 Å². The van der Waals surface area contributed by atoms with Crippen molar-refractivity contribution in [2.75, 3.05) is 12.4 Å². The zero-order valence-electron chi connectivity index (χ0n) is 13.0. The van der Waals surface area contributed by atoms with Crippen LogP contribution in [0.15, 0.2) is 9.72 Å². The number of thioether (sulfide) groups is 1. The van der Waals surface area contributed by atoms with Gasteiger partial charge >= 0.3 is 5.97 Å². The minimum absolute atomic E-state index is 0.147. The summed E-state index contributed by atoms with van der Waals surface area (Å²) in [7, 11) is 0. The highest BCUT2D eigenvalue weighted by Crippen LogP contribution is 2.29. The van der Waals surface area contributed by atoms with E-state index in [2.05, 4.69) is 16.4 Å². The molecule has 6 nitrogen and oxygen atoms in total. The van der Waals surface area contributed by atoms with Gasteiger partial charge in [-0.2, -0.15) is 5.26 Å². The molecule has 0 unspecified atom stereocenters. The van der Waals surface area contributed by atoms with E-state index in [1.54, 1.807) is 12.3 Å². The van der Waals surface area contributed by atoms with Crippen molar-refractivity contribution in [3.63, 3.8) is 0 Å². The number of thiazole rings is 1. The molecule has 1 aliphatic rings. The third-order valence-electron chi connectivity index (χ3n) is 3.54. The second kappa shape index (κ2) is 8.31. The van der Waals surface area contributed by atoms with Crippen molar-refractivity contribution >= 4 is 35.0 Å². The van der Waals surface area contributed by atoms with E-state index in [9.17, 15) is 14.9 Å². The number of nitriles is 1. The lowest BCUT2D eigenvalue weighted by Gasteiger charge is -2.21. The number of amides is 1. The molecule has 0 spiro atoms. The summed E-state index contributed by atoms with van der Waals surface area (Å²) in [6.07, 6.45) is 3.55. The molecule has 23 heavy (non-hydrogen) atoms. The van der Waals surface area contributed by atoms with Crippen LogP contribution in [0.1, 0.15) is 38.3 Å². The third kappa shape index (κ3) is 5.22. The molecule has 0 atom stereocenters. The molecule has 0 radical (unpaired) electrons. The molecule has 1 amide bonds. The topological polar surface area (TPSA) is 92.1 Å². The molecule has 2 rings (SSSR count). The van der Waals surface area contributed by atoms with E-state index in [1.165, 1.54) is 23.1 Å². The molecule has 1 heterocycles. The van der Waals surface area contributed by atoms with Crippen molar-refractivity contribution in [2.24, 2.45) is 0 Å². The number of nitrogens with zero attached hydrogens (tertiary/aromatic N) is 2. The summed E-state index contributed by atoms with van der Waals surface area (Å²) in [5, 5.41) is 13.9. The van der Waals surface area contributed by atoms with Crippen molar-refractivity contribution in [1.82, 2.24) is 10.3 Å². The van der Waals surface area contributed by atoms with Crippen molar-refractivity contribution in [1.29, 1.82) is 5.26 Å². The number of ether oxygens (including phenoxy) is 1. The van der Waals surface area contributed by atoms with Crippen LogP contribution in [-0.2, 0) is 20.7 Å². The van der Waals surface area contributed by atoms with Crippen LogP contribution in [0.2, 0.25) is 0 Å². The van der Waals surface area contributed by atoms with Gasteiger partial charge in [-0.1, -0.05) is 11.8 Å². The van der Waals surface area contributed by atoms with E-state index < -0.39 is 5.54 Å². The van der Waals surface area contributed by atoms with Gasteiger partial charge in [0, 0.05) is 5.38 Å². The molecule has 1 saturated carbocycles. The normalized spacial score (nSPS) is 15.8. The SMILES string of the molecule is CCOC(=O)Cc1csc(SCC(=O)NC2(C#N)CCCC2)n1. The average molecular weight is 353 g/mol. The molecule has 124 valence electrons. The Kier molecular flexibility index (Phi) is 6.42. The first-order valence-corrected chi connectivity index (χ1v) is 9.38. The van der Waals surface area contributed by atoms with Gasteiger partial charge in [0.2, 0.25) is 5.91 Å². The summed E-state index contributed by atoms with van der Waals surface area (Å²) in [5.74, 6) is -0.236. The highest BCUT2D eigenvalue weighted by molar-refractivity contribution is 8.01. The predicted molar refractivity (Wildman–Crippen MR) is 88.1 cm³/mol. The summed E-state index contributed by atoms with van der Waals surface area (Å²) in [6, 6.07) is 2.24. The Morgan fingerprint density at radius 3 is 2.91 bits per heavy atom. The van der Waals surface area contributed by atoms with Gasteiger partial charge in [0.1, 0.15) is 5.54 Å². The van der Waals surface area contributed by atoms with Crippen molar-refractivity contribution < 1.29 is 14.3 Å². The largest absolute Gasteiger partial charge is 0.466 e. The second-order valence-electron chi connectivity index (χ2n) is 5.32. The first-order chi connectivity index (χ1) is 11.1. The number of hydrogen-bond donors (Lipinski definition) is 1. The van der Waals surface area contributed by atoms with Crippen molar-refractivity contribution in [2.45, 2.75) is 48.9 Å². The van der Waals surface area contributed by atoms with Gasteiger partial charge in [-0.25, -0.2) is 4.98 Å². The number of nitrogens with one attached hydrogen (secondary N) is 1. The van der Waals surface area contributed by atoms with Crippen molar-refractivity contribution in [3.8, 4) is 6.07 Å². The van der Waals surface area contributed by atoms with Crippen LogP contribution in [0, 0.1) is 11.3 Å². The Morgan fingerprint density at radius 1 is 1.52 bits per heavy atom. The first kappa shape index (κ1) is 17.8. The fourth-order valence-corrected chi connectivity index (χ4v) is 4.11. The Balaban J connectivity index is 1.79. The van der Waals surface area contributed by atoms with E-state index >= 15 is 0 Å². The maximum absolute atomic E-state index is 12.0. The lowest BCUT2D eigenvalue weighted by molar-refractivity contribution is -0.142. The lowest BCUT2D eigenvalue weighted by atomic mass is 10.0. The molecule has 1 aliphatic carbocycles. The molecule has 8 heteroatoms. The number of esters is 1. The van der Waals surface area contributed by atoms with Crippen molar-refractivity contribution in [3.05, 3.63) is 11.1 Å². The molecule has 1 fully saturated rings. The van der Waals surface area contributed by atoms with E-state index in [0.29, 0.717) is 12.3 Å². The fourth-order valence-electron chi connectivity index (χ4n) is 2.47. The molecule has 1 aromatic heterocycles. The molecular weight excluding hydrogens is 334 g/mol. The minimum Gasteiger partial charge on any atom is -0.466 e. The number of carbonyl (C=O) groups is 2. The van der Waals surface area contributed by atoms with Crippen LogP contribution in [0.4, 0.5) is 0 Å². The predicted octanol–water partition coefficient (Wildman–Crippen LogP) is 2.29. The molecule has 0 saturated heterocycles. The Morgan fingerprint density at radius 2 is 2.26 bits per heavy atom. The maximum atomic E-state index is 12.0. The zero-order valence-corrected chi connectivity index (χ0v) is 14.6. The first-order valence-electron chi connectivity index (χ1n) is 7.52. The number of aromatic nitrogens is 1. The average Bonchev–Trinajstić information content (AvgIpc) is 3.15. The summed E-state index contributed by atoms with van der Waals surface area (Å²) in [4.78, 5) is 27.7. The molecule has 0 aromatic carbocycles. The van der Waals surface area contributed by atoms with Crippen LogP contribution in [0.25, 0.3) is 0 Å². The van der Waals surface area contributed by atoms with E-state index in [1.807, 2.05) is 0 Å². The maximum Gasteiger partial charge on any atom is 0.311 e. The summed E-state index contributed by atoms with van der Waals surface area (Å²) < 4.78 is 5.61. The Labute approximate surface area is 143 Å². The van der Waals surface area contributed by atoms with E-state index in [4.69, 9.17) is 4.74 Å². The molecule has 1 N–H and O–H groups in total. The number of rotatable bonds is 7. The van der Waals surface area contributed by atoms with Gasteiger partial charge in [-0.3, -0.25) is 9.59 Å². The van der Waals surface area contributed by atoms with Gasteiger partial charge in [0.25, 0.3) is 0 Å². The van der Waals surface area contributed by atoms with Crippen LogP contribution in [0.5, 0.6) is 0 Å². The third-order valence-corrected chi connectivity index (χ3v) is 5.61. The highest BCUT2D eigenvalue weighted by Gasteiger charge is 2.35. The molecule has 0 bridgehead atoms. The van der Waals surface area contributed by atoms with E-state index in [-0.39, 0.29) is 24.1 Å². The summed E-state index contributed by atoms with van der Waals surface area (Å²) in [5.41, 5.74) is -0.0316. The second-order valence-corrected chi connectivity index (χ2v) is 7.40. The smallest absolute Gasteiger partial charge is 0.311 e. The lowest BCUT2D eigenvalue weighted by Crippen LogP contribution is -2.45. The molecule has 0 aliphatic heterocycles. The van der Waals surface area contributed by atoms with Gasteiger partial charge < -0.3 is 10.1 Å². The standard InChI is InChI=1S/C15H19N3O3S2/c1-2-21-13(20)7-11-8-22-14(17-11)23-9-12(19)18-15(10-16)5-3-4-6-15/h8H,2-7,9H2,1H3,(H,18,19). The number of hydrogen-bond acceptors (Lipinski definition) is 7. The van der Waals surface area contributed by atoms with Gasteiger partial charge in [-0.05, 0) is 32.6 Å². The van der Waals surface area contributed by atoms with Gasteiger partial charge in [-0.15, -0.1) is 11.3 Å². The van der Waals surface area contributed by atoms with Gasteiger partial charge in [0.05, 0.1) is 30.5 Å². The monoisotopic (exact) mass is 353 g/mol. The minimum atomic E-state index is -0.685. The highest BCUT2D eigenvalue weighted by atomic mass is 32.2. The van der Waals surface area contributed by atoms with Crippen LogP contribution >= 0.6 is 23.1 Å². The van der Waals surface area contributed by atoms with Crippen LogP contribution < -0.4 is 5.32 Å². The summed E-state index contributed by atoms with van der Waals surface area (Å²) in [6.45, 7) is 2.11. The molecule has 1 aromatic rings.